The van der Waals surface area contributed by atoms with Crippen molar-refractivity contribution in [2.24, 2.45) is 0 Å². The topological polar surface area (TPSA) is 34.1 Å². The van der Waals surface area contributed by atoms with Gasteiger partial charge in [0.2, 0.25) is 0 Å². The summed E-state index contributed by atoms with van der Waals surface area (Å²) in [6, 6.07) is 15.2. The maximum atomic E-state index is 12.0. The summed E-state index contributed by atoms with van der Waals surface area (Å²) in [5.74, 6) is 0.0628. The number of ketones is 2. The lowest BCUT2D eigenvalue weighted by molar-refractivity contribution is 0.103. The molecule has 2 nitrogen and oxygen atoms in total. The molecule has 2 heteroatoms. The van der Waals surface area contributed by atoms with Gasteiger partial charge in [-0.2, -0.15) is 0 Å². The van der Waals surface area contributed by atoms with Crippen molar-refractivity contribution in [3.05, 3.63) is 107 Å². The zero-order chi connectivity index (χ0) is 24.5. The molecule has 2 aliphatic carbocycles. The minimum Gasteiger partial charge on any atom is -0.289 e. The summed E-state index contributed by atoms with van der Waals surface area (Å²) < 4.78 is 0. The molecular formula is C30H38O2. The fourth-order valence-electron chi connectivity index (χ4n) is 3.06. The number of benzene rings is 2. The molecule has 0 aliphatic heterocycles. The van der Waals surface area contributed by atoms with E-state index >= 15 is 0 Å². The molecule has 0 unspecified atom stereocenters. The van der Waals surface area contributed by atoms with E-state index in [0.29, 0.717) is 0 Å². The Morgan fingerprint density at radius 3 is 1.03 bits per heavy atom. The van der Waals surface area contributed by atoms with E-state index < -0.39 is 0 Å². The molecule has 0 saturated carbocycles. The van der Waals surface area contributed by atoms with Gasteiger partial charge < -0.3 is 0 Å². The van der Waals surface area contributed by atoms with Gasteiger partial charge in [-0.1, -0.05) is 128 Å². The third kappa shape index (κ3) is 7.16. The van der Waals surface area contributed by atoms with Gasteiger partial charge in [0.15, 0.2) is 11.6 Å². The summed E-state index contributed by atoms with van der Waals surface area (Å²) in [5, 5.41) is 0. The number of carbonyl (C=O) groups excluding carboxylic acids is 2. The van der Waals surface area contributed by atoms with Gasteiger partial charge in [0.1, 0.15) is 0 Å². The van der Waals surface area contributed by atoms with Crippen molar-refractivity contribution in [1.29, 1.82) is 0 Å². The number of carbonyl (C=O) groups is 2. The van der Waals surface area contributed by atoms with Crippen molar-refractivity contribution < 1.29 is 9.59 Å². The molecule has 0 amide bonds. The highest BCUT2D eigenvalue weighted by Gasteiger charge is 2.16. The molecular weight excluding hydrogens is 392 g/mol. The zero-order valence-electron chi connectivity index (χ0n) is 20.9. The Morgan fingerprint density at radius 1 is 0.438 bits per heavy atom. The predicted octanol–water partition coefficient (Wildman–Crippen LogP) is 8.76. The lowest BCUT2D eigenvalue weighted by Crippen LogP contribution is -2.05. The van der Waals surface area contributed by atoms with Gasteiger partial charge >= 0.3 is 0 Å². The highest BCUT2D eigenvalue weighted by molar-refractivity contribution is 6.13. The molecule has 0 spiro atoms. The summed E-state index contributed by atoms with van der Waals surface area (Å²) in [5.41, 5.74) is 5.29. The molecule has 32 heavy (non-hydrogen) atoms. The third-order valence-corrected chi connectivity index (χ3v) is 4.28. The quantitative estimate of drug-likeness (QED) is 0.453. The van der Waals surface area contributed by atoms with Crippen LogP contribution < -0.4 is 0 Å². The van der Waals surface area contributed by atoms with Gasteiger partial charge in [0.05, 0.1) is 0 Å². The Labute approximate surface area is 195 Å². The van der Waals surface area contributed by atoms with Crippen LogP contribution in [0.1, 0.15) is 87.2 Å². The summed E-state index contributed by atoms with van der Waals surface area (Å²) in [4.78, 5) is 23.9. The lowest BCUT2D eigenvalue weighted by atomic mass is 9.89. The first-order valence-electron chi connectivity index (χ1n) is 11.8. The molecule has 2 aliphatic rings. The van der Waals surface area contributed by atoms with Crippen LogP contribution in [0.15, 0.2) is 85.0 Å². The Morgan fingerprint density at radius 2 is 0.719 bits per heavy atom. The number of hydrogen-bond donors (Lipinski definition) is 0. The number of hydrogen-bond acceptors (Lipinski definition) is 2. The average Bonchev–Trinajstić information content (AvgIpc) is 2.90. The van der Waals surface area contributed by atoms with Gasteiger partial charge in [-0.3, -0.25) is 9.59 Å². The maximum absolute atomic E-state index is 12.0. The van der Waals surface area contributed by atoms with Gasteiger partial charge in [-0.15, -0.1) is 0 Å². The molecule has 0 bridgehead atoms. The van der Waals surface area contributed by atoms with Gasteiger partial charge in [-0.05, 0) is 34.4 Å². The van der Waals surface area contributed by atoms with Crippen LogP contribution >= 0.6 is 0 Å². The van der Waals surface area contributed by atoms with Gasteiger partial charge in [0.25, 0.3) is 0 Å². The molecule has 4 rings (SSSR count). The van der Waals surface area contributed by atoms with Crippen LogP contribution in [0.25, 0.3) is 11.1 Å². The van der Waals surface area contributed by atoms with Crippen LogP contribution in [-0.4, -0.2) is 11.6 Å². The Balaban J connectivity index is 0.00000109. The molecule has 0 N–H and O–H groups in total. The summed E-state index contributed by atoms with van der Waals surface area (Å²) in [7, 11) is 0. The molecule has 0 radical (unpaired) electrons. The van der Waals surface area contributed by atoms with E-state index in [1.807, 2.05) is 128 Å². The van der Waals surface area contributed by atoms with Crippen molar-refractivity contribution in [2.75, 3.05) is 0 Å². The van der Waals surface area contributed by atoms with Crippen molar-refractivity contribution in [2.45, 2.75) is 55.4 Å². The lowest BCUT2D eigenvalue weighted by Gasteiger charge is -2.14. The van der Waals surface area contributed by atoms with E-state index in [9.17, 15) is 9.59 Å². The van der Waals surface area contributed by atoms with E-state index in [2.05, 4.69) is 0 Å². The second kappa shape index (κ2) is 16.4. The smallest absolute Gasteiger partial charge is 0.186 e. The van der Waals surface area contributed by atoms with Crippen molar-refractivity contribution >= 4 is 22.7 Å². The molecule has 2 aromatic rings. The molecule has 2 aromatic carbocycles. The minimum absolute atomic E-state index is 0.0314. The molecule has 0 fully saturated rings. The summed E-state index contributed by atoms with van der Waals surface area (Å²) >= 11 is 0. The third-order valence-electron chi connectivity index (χ3n) is 4.28. The molecule has 0 aromatic heterocycles. The highest BCUT2D eigenvalue weighted by Crippen LogP contribution is 2.29. The monoisotopic (exact) mass is 430 g/mol. The van der Waals surface area contributed by atoms with E-state index in [-0.39, 0.29) is 11.6 Å². The first kappa shape index (κ1) is 28.7. The van der Waals surface area contributed by atoms with Crippen LogP contribution in [0.3, 0.4) is 0 Å². The summed E-state index contributed by atoms with van der Waals surface area (Å²) in [6.45, 7) is 16.0. The molecule has 0 saturated heterocycles. The second-order valence-corrected chi connectivity index (χ2v) is 5.73. The van der Waals surface area contributed by atoms with Gasteiger partial charge in [0, 0.05) is 11.1 Å². The van der Waals surface area contributed by atoms with E-state index in [1.54, 1.807) is 12.2 Å². The number of rotatable bonds is 1. The standard InChI is InChI=1S/C22H14O2.4C2H6/c23-21-13-11-15(17-5-1-3-7-19(17)21)9-10-16-12-14-22(24)20-8-4-2-6-18(16)20;4*1-2/h1-14H;4*1-2H3/b15-9-,16-10-;;;;. The van der Waals surface area contributed by atoms with Crippen LogP contribution in [0.4, 0.5) is 0 Å². The van der Waals surface area contributed by atoms with Crippen molar-refractivity contribution in [3.63, 3.8) is 0 Å². The molecule has 0 atom stereocenters. The van der Waals surface area contributed by atoms with Crippen molar-refractivity contribution in [3.8, 4) is 0 Å². The number of fused-ring (bicyclic) bond motifs is 2. The molecule has 0 heterocycles. The minimum atomic E-state index is 0.0314. The van der Waals surface area contributed by atoms with Gasteiger partial charge in [-0.25, -0.2) is 0 Å². The van der Waals surface area contributed by atoms with Crippen LogP contribution in [0.5, 0.6) is 0 Å². The fraction of sp³-hybridized carbons (Fsp3) is 0.267. The van der Waals surface area contributed by atoms with Crippen LogP contribution in [0, 0.1) is 0 Å². The van der Waals surface area contributed by atoms with Crippen LogP contribution in [0.2, 0.25) is 0 Å². The van der Waals surface area contributed by atoms with Crippen molar-refractivity contribution in [1.82, 2.24) is 0 Å². The SMILES string of the molecule is CC.CC.CC.CC.O=C1C=C/C(=C/C=C2/C=CC(=O)c3ccccc32)c2ccccc21. The Bertz CT molecular complexity index is 904. The predicted molar refractivity (Wildman–Crippen MR) is 141 cm³/mol. The Hall–Kier alpha value is -3.26. The summed E-state index contributed by atoms with van der Waals surface area (Å²) in [6.07, 6.45) is 10.9. The maximum Gasteiger partial charge on any atom is 0.186 e. The van der Waals surface area contributed by atoms with E-state index in [0.717, 1.165) is 33.4 Å². The van der Waals surface area contributed by atoms with E-state index in [1.165, 1.54) is 0 Å². The Kier molecular flexibility index (Phi) is 14.8. The van der Waals surface area contributed by atoms with Crippen LogP contribution in [-0.2, 0) is 0 Å². The first-order chi connectivity index (χ1) is 15.7. The second-order valence-electron chi connectivity index (χ2n) is 5.73. The van der Waals surface area contributed by atoms with E-state index in [4.69, 9.17) is 0 Å². The first-order valence-corrected chi connectivity index (χ1v) is 11.8. The zero-order valence-corrected chi connectivity index (χ0v) is 20.9. The highest BCUT2D eigenvalue weighted by atomic mass is 16.1. The molecule has 170 valence electrons. The largest absolute Gasteiger partial charge is 0.289 e. The average molecular weight is 431 g/mol. The number of allylic oxidation sites excluding steroid dienone is 8. The fourth-order valence-corrected chi connectivity index (χ4v) is 3.06. The normalized spacial score (nSPS) is 14.9.